The van der Waals surface area contributed by atoms with Gasteiger partial charge in [0.1, 0.15) is 5.82 Å². The van der Waals surface area contributed by atoms with Crippen LogP contribution in [0.3, 0.4) is 0 Å². The molecule has 68 valence electrons. The molecule has 13 heavy (non-hydrogen) atoms. The number of hydrogen-bond acceptors (Lipinski definition) is 1. The van der Waals surface area contributed by atoms with Crippen LogP contribution in [0.5, 0.6) is 0 Å². The van der Waals surface area contributed by atoms with E-state index in [0.717, 1.165) is 0 Å². The van der Waals surface area contributed by atoms with Crippen LogP contribution in [0.4, 0.5) is 4.39 Å². The van der Waals surface area contributed by atoms with E-state index < -0.39 is 11.9 Å². The lowest BCUT2D eigenvalue weighted by Crippen LogP contribution is -2.07. The van der Waals surface area contributed by atoms with Crippen LogP contribution in [-0.4, -0.2) is 11.1 Å². The topological polar surface area (TPSA) is 37.3 Å². The number of benzene rings is 1. The van der Waals surface area contributed by atoms with Crippen molar-refractivity contribution in [2.45, 2.75) is 18.8 Å². The molecule has 1 aliphatic carbocycles. The third-order valence-electron chi connectivity index (χ3n) is 2.51. The van der Waals surface area contributed by atoms with Gasteiger partial charge in [0.2, 0.25) is 0 Å². The lowest BCUT2D eigenvalue weighted by molar-refractivity contribution is -0.138. The summed E-state index contributed by atoms with van der Waals surface area (Å²) < 4.78 is 13.1. The van der Waals surface area contributed by atoms with E-state index in [9.17, 15) is 9.18 Å². The standard InChI is InChI=1S/C10H9FO2/c11-9-3-1-2-6-7(9)4-5-8(6)10(12)13/h1-3,8H,4-5H2,(H,12,13). The minimum atomic E-state index is -0.857. The Kier molecular flexibility index (Phi) is 1.79. The van der Waals surface area contributed by atoms with E-state index in [0.29, 0.717) is 24.0 Å². The van der Waals surface area contributed by atoms with Crippen LogP contribution in [0.15, 0.2) is 18.2 Å². The fourth-order valence-electron chi connectivity index (χ4n) is 1.87. The largest absolute Gasteiger partial charge is 0.481 e. The number of halogens is 1. The fraction of sp³-hybridized carbons (Fsp3) is 0.300. The van der Waals surface area contributed by atoms with Gasteiger partial charge < -0.3 is 5.11 Å². The quantitative estimate of drug-likeness (QED) is 0.717. The van der Waals surface area contributed by atoms with E-state index in [1.54, 1.807) is 12.1 Å². The molecule has 0 fully saturated rings. The lowest BCUT2D eigenvalue weighted by Gasteiger charge is -2.04. The smallest absolute Gasteiger partial charge is 0.310 e. The molecule has 0 radical (unpaired) electrons. The second kappa shape index (κ2) is 2.83. The van der Waals surface area contributed by atoms with Crippen LogP contribution in [0.25, 0.3) is 0 Å². The molecule has 0 saturated carbocycles. The first-order chi connectivity index (χ1) is 6.20. The Hall–Kier alpha value is -1.38. The Morgan fingerprint density at radius 3 is 3.00 bits per heavy atom. The first kappa shape index (κ1) is 8.23. The van der Waals surface area contributed by atoms with Gasteiger partial charge in [0.15, 0.2) is 0 Å². The molecule has 0 aliphatic heterocycles. The Labute approximate surface area is 75.0 Å². The number of carboxylic acid groups (broad SMARTS) is 1. The number of hydrogen-bond donors (Lipinski definition) is 1. The number of aliphatic carboxylic acids is 1. The number of rotatable bonds is 1. The van der Waals surface area contributed by atoms with Crippen molar-refractivity contribution in [3.8, 4) is 0 Å². The summed E-state index contributed by atoms with van der Waals surface area (Å²) in [6, 6.07) is 4.64. The molecule has 1 unspecified atom stereocenters. The van der Waals surface area contributed by atoms with E-state index in [1.807, 2.05) is 0 Å². The maximum absolute atomic E-state index is 13.1. The molecule has 0 bridgehead atoms. The normalized spacial score (nSPS) is 19.9. The molecule has 3 heteroatoms. The molecule has 2 nitrogen and oxygen atoms in total. The average molecular weight is 180 g/mol. The van der Waals surface area contributed by atoms with Gasteiger partial charge in [0, 0.05) is 0 Å². The zero-order chi connectivity index (χ0) is 9.42. The van der Waals surface area contributed by atoms with Crippen molar-refractivity contribution >= 4 is 5.97 Å². The maximum Gasteiger partial charge on any atom is 0.310 e. The Bertz CT molecular complexity index is 360. The summed E-state index contributed by atoms with van der Waals surface area (Å²) in [6.45, 7) is 0. The molecule has 1 N–H and O–H groups in total. The van der Waals surface area contributed by atoms with Gasteiger partial charge in [0.05, 0.1) is 5.92 Å². The van der Waals surface area contributed by atoms with E-state index in [1.165, 1.54) is 6.07 Å². The van der Waals surface area contributed by atoms with Crippen LogP contribution in [0.2, 0.25) is 0 Å². The van der Waals surface area contributed by atoms with Crippen molar-refractivity contribution in [2.24, 2.45) is 0 Å². The zero-order valence-electron chi connectivity index (χ0n) is 6.96. The summed E-state index contributed by atoms with van der Waals surface area (Å²) >= 11 is 0. The monoisotopic (exact) mass is 180 g/mol. The lowest BCUT2D eigenvalue weighted by atomic mass is 10.0. The first-order valence-corrected chi connectivity index (χ1v) is 4.20. The Morgan fingerprint density at radius 2 is 2.31 bits per heavy atom. The van der Waals surface area contributed by atoms with Crippen molar-refractivity contribution in [1.82, 2.24) is 0 Å². The highest BCUT2D eigenvalue weighted by atomic mass is 19.1. The molecule has 0 spiro atoms. The highest BCUT2D eigenvalue weighted by Gasteiger charge is 2.29. The Balaban J connectivity index is 2.49. The molecule has 1 atom stereocenters. The van der Waals surface area contributed by atoms with Crippen LogP contribution in [-0.2, 0) is 11.2 Å². The van der Waals surface area contributed by atoms with Crippen LogP contribution < -0.4 is 0 Å². The van der Waals surface area contributed by atoms with Crippen LogP contribution >= 0.6 is 0 Å². The van der Waals surface area contributed by atoms with Crippen molar-refractivity contribution in [3.05, 3.63) is 35.1 Å². The first-order valence-electron chi connectivity index (χ1n) is 4.20. The summed E-state index contributed by atoms with van der Waals surface area (Å²) in [5.74, 6) is -1.64. The van der Waals surface area contributed by atoms with Gasteiger partial charge in [-0.15, -0.1) is 0 Å². The van der Waals surface area contributed by atoms with E-state index in [2.05, 4.69) is 0 Å². The van der Waals surface area contributed by atoms with Gasteiger partial charge in [-0.1, -0.05) is 12.1 Å². The summed E-state index contributed by atoms with van der Waals surface area (Å²) in [4.78, 5) is 10.8. The average Bonchev–Trinajstić information content (AvgIpc) is 2.48. The number of carboxylic acids is 1. The van der Waals surface area contributed by atoms with Crippen molar-refractivity contribution < 1.29 is 14.3 Å². The van der Waals surface area contributed by atoms with Gasteiger partial charge in [-0.05, 0) is 30.0 Å². The van der Waals surface area contributed by atoms with E-state index in [-0.39, 0.29) is 5.82 Å². The summed E-state index contributed by atoms with van der Waals surface area (Å²) in [5, 5.41) is 8.83. The zero-order valence-corrected chi connectivity index (χ0v) is 6.96. The third-order valence-corrected chi connectivity index (χ3v) is 2.51. The molecule has 0 heterocycles. The van der Waals surface area contributed by atoms with E-state index >= 15 is 0 Å². The molecule has 1 aromatic carbocycles. The van der Waals surface area contributed by atoms with Gasteiger partial charge in [-0.3, -0.25) is 4.79 Å². The molecule has 0 amide bonds. The SMILES string of the molecule is O=C(O)C1CCc2c(F)cccc21. The number of carbonyl (C=O) groups is 1. The van der Waals surface area contributed by atoms with Gasteiger partial charge in [0.25, 0.3) is 0 Å². The van der Waals surface area contributed by atoms with Crippen molar-refractivity contribution in [2.75, 3.05) is 0 Å². The predicted octanol–water partition coefficient (Wildman–Crippen LogP) is 1.94. The third kappa shape index (κ3) is 1.20. The van der Waals surface area contributed by atoms with Gasteiger partial charge in [-0.2, -0.15) is 0 Å². The molecule has 0 saturated heterocycles. The van der Waals surface area contributed by atoms with Crippen molar-refractivity contribution in [1.29, 1.82) is 0 Å². The summed E-state index contributed by atoms with van der Waals surface area (Å²) in [6.07, 6.45) is 1.06. The molecule has 2 rings (SSSR count). The highest BCUT2D eigenvalue weighted by Crippen LogP contribution is 2.34. The molecular weight excluding hydrogens is 171 g/mol. The van der Waals surface area contributed by atoms with Crippen LogP contribution in [0.1, 0.15) is 23.5 Å². The fourth-order valence-corrected chi connectivity index (χ4v) is 1.87. The van der Waals surface area contributed by atoms with Crippen molar-refractivity contribution in [3.63, 3.8) is 0 Å². The number of fused-ring (bicyclic) bond motifs is 1. The minimum Gasteiger partial charge on any atom is -0.481 e. The second-order valence-electron chi connectivity index (χ2n) is 3.24. The van der Waals surface area contributed by atoms with E-state index in [4.69, 9.17) is 5.11 Å². The van der Waals surface area contributed by atoms with Gasteiger partial charge in [-0.25, -0.2) is 4.39 Å². The molecule has 1 aliphatic rings. The van der Waals surface area contributed by atoms with Crippen LogP contribution in [0, 0.1) is 5.82 Å². The summed E-state index contributed by atoms with van der Waals surface area (Å²) in [5.41, 5.74) is 1.22. The summed E-state index contributed by atoms with van der Waals surface area (Å²) in [7, 11) is 0. The molecule has 0 aromatic heterocycles. The predicted molar refractivity (Wildman–Crippen MR) is 45.1 cm³/mol. The maximum atomic E-state index is 13.1. The molecule has 1 aromatic rings. The second-order valence-corrected chi connectivity index (χ2v) is 3.24. The highest BCUT2D eigenvalue weighted by molar-refractivity contribution is 5.77. The van der Waals surface area contributed by atoms with Gasteiger partial charge >= 0.3 is 5.97 Å². The minimum absolute atomic E-state index is 0.277. The molecular formula is C10H9FO2. The Morgan fingerprint density at radius 1 is 1.54 bits per heavy atom.